The third-order valence-electron chi connectivity index (χ3n) is 8.64. The van der Waals surface area contributed by atoms with Crippen molar-refractivity contribution in [2.45, 2.75) is 19.3 Å². The fraction of sp³-hybridized carbons (Fsp3) is 0.0857. The SMILES string of the molecule is CC1(C)c2ccccc2-c2cc3c4ccccc4n(-c4nc5cc6oc7ccccc7c(=O)c6cc5s4)c3cc21. The highest BCUT2D eigenvalue weighted by molar-refractivity contribution is 7.21. The summed E-state index contributed by atoms with van der Waals surface area (Å²) in [4.78, 5) is 18.4. The summed E-state index contributed by atoms with van der Waals surface area (Å²) in [6.07, 6.45) is 0. The van der Waals surface area contributed by atoms with Crippen molar-refractivity contribution in [1.29, 1.82) is 0 Å². The summed E-state index contributed by atoms with van der Waals surface area (Å²) in [5.41, 5.74) is 9.46. The Kier molecular flexibility index (Phi) is 4.13. The van der Waals surface area contributed by atoms with E-state index in [9.17, 15) is 4.79 Å². The van der Waals surface area contributed by atoms with E-state index in [-0.39, 0.29) is 10.8 Å². The van der Waals surface area contributed by atoms with Crippen molar-refractivity contribution in [2.75, 3.05) is 0 Å². The molecule has 0 unspecified atom stereocenters. The molecule has 8 aromatic rings. The number of rotatable bonds is 1. The van der Waals surface area contributed by atoms with Crippen LogP contribution in [0, 0.1) is 0 Å². The molecule has 4 nitrogen and oxygen atoms in total. The molecule has 0 N–H and O–H groups in total. The maximum absolute atomic E-state index is 13.3. The Morgan fingerprint density at radius 2 is 1.48 bits per heavy atom. The molecular formula is C35H22N2O2S. The van der Waals surface area contributed by atoms with E-state index in [1.165, 1.54) is 33.0 Å². The van der Waals surface area contributed by atoms with Gasteiger partial charge in [-0.3, -0.25) is 9.36 Å². The quantitative estimate of drug-likeness (QED) is 0.198. The van der Waals surface area contributed by atoms with Gasteiger partial charge >= 0.3 is 0 Å². The largest absolute Gasteiger partial charge is 0.456 e. The van der Waals surface area contributed by atoms with Crippen molar-refractivity contribution in [3.05, 3.63) is 118 Å². The summed E-state index contributed by atoms with van der Waals surface area (Å²) in [6, 6.07) is 33.3. The second-order valence-electron chi connectivity index (χ2n) is 11.2. The smallest absolute Gasteiger partial charge is 0.200 e. The number of fused-ring (bicyclic) bond motifs is 9. The monoisotopic (exact) mass is 534 g/mol. The second-order valence-corrected chi connectivity index (χ2v) is 12.2. The van der Waals surface area contributed by atoms with Crippen LogP contribution in [-0.4, -0.2) is 9.55 Å². The molecule has 5 heteroatoms. The number of hydrogen-bond donors (Lipinski definition) is 0. The second kappa shape index (κ2) is 7.46. The zero-order chi connectivity index (χ0) is 26.7. The van der Waals surface area contributed by atoms with E-state index in [1.807, 2.05) is 36.4 Å². The lowest BCUT2D eigenvalue weighted by atomic mass is 9.82. The Hall–Kier alpha value is -4.74. The minimum absolute atomic E-state index is 0.0112. The maximum Gasteiger partial charge on any atom is 0.200 e. The summed E-state index contributed by atoms with van der Waals surface area (Å²) >= 11 is 1.61. The van der Waals surface area contributed by atoms with Crippen LogP contribution in [0.4, 0.5) is 0 Å². The van der Waals surface area contributed by atoms with Crippen molar-refractivity contribution in [2.24, 2.45) is 0 Å². The third kappa shape index (κ3) is 2.75. The molecule has 0 spiro atoms. The first-order valence-corrected chi connectivity index (χ1v) is 14.2. The molecule has 0 bridgehead atoms. The van der Waals surface area contributed by atoms with Crippen LogP contribution in [0.3, 0.4) is 0 Å². The molecule has 1 aliphatic carbocycles. The topological polar surface area (TPSA) is 48.0 Å². The minimum atomic E-state index is -0.0965. The van der Waals surface area contributed by atoms with Gasteiger partial charge in [0, 0.05) is 22.3 Å². The van der Waals surface area contributed by atoms with Crippen LogP contribution >= 0.6 is 11.3 Å². The fourth-order valence-electron chi connectivity index (χ4n) is 6.68. The van der Waals surface area contributed by atoms with Crippen LogP contribution in [0.25, 0.3) is 70.2 Å². The predicted molar refractivity (Wildman–Crippen MR) is 165 cm³/mol. The lowest BCUT2D eigenvalue weighted by molar-refractivity contribution is 0.660. The van der Waals surface area contributed by atoms with Crippen molar-refractivity contribution in [3.8, 4) is 16.3 Å². The highest BCUT2D eigenvalue weighted by Crippen LogP contribution is 2.51. The van der Waals surface area contributed by atoms with Gasteiger partial charge in [-0.15, -0.1) is 0 Å². The average molecular weight is 535 g/mol. The van der Waals surface area contributed by atoms with Gasteiger partial charge in [0.1, 0.15) is 11.2 Å². The Balaban J connectivity index is 1.35. The van der Waals surface area contributed by atoms with Gasteiger partial charge in [-0.25, -0.2) is 4.98 Å². The fourth-order valence-corrected chi connectivity index (χ4v) is 7.69. The normalized spacial score (nSPS) is 14.1. The van der Waals surface area contributed by atoms with Crippen molar-refractivity contribution >= 4 is 65.3 Å². The molecule has 190 valence electrons. The first kappa shape index (κ1) is 22.1. The van der Waals surface area contributed by atoms with Gasteiger partial charge < -0.3 is 4.42 Å². The molecule has 0 radical (unpaired) electrons. The van der Waals surface area contributed by atoms with Crippen LogP contribution in [0.15, 0.2) is 106 Å². The van der Waals surface area contributed by atoms with E-state index < -0.39 is 0 Å². The van der Waals surface area contributed by atoms with E-state index in [4.69, 9.17) is 9.40 Å². The van der Waals surface area contributed by atoms with Crippen molar-refractivity contribution in [1.82, 2.24) is 9.55 Å². The van der Waals surface area contributed by atoms with Crippen molar-refractivity contribution < 1.29 is 4.42 Å². The Bertz CT molecular complexity index is 2440. The highest BCUT2D eigenvalue weighted by atomic mass is 32.1. The van der Waals surface area contributed by atoms with Crippen molar-refractivity contribution in [3.63, 3.8) is 0 Å². The zero-order valence-corrected chi connectivity index (χ0v) is 22.7. The predicted octanol–water partition coefficient (Wildman–Crippen LogP) is 8.96. The first-order chi connectivity index (χ1) is 19.5. The van der Waals surface area contributed by atoms with E-state index in [2.05, 4.69) is 79.1 Å². The van der Waals surface area contributed by atoms with E-state index in [0.29, 0.717) is 21.9 Å². The average Bonchev–Trinajstić information content (AvgIpc) is 3.59. The lowest BCUT2D eigenvalue weighted by Crippen LogP contribution is -2.14. The van der Waals surface area contributed by atoms with Gasteiger partial charge in [0.05, 0.1) is 32.0 Å². The number of hydrogen-bond acceptors (Lipinski definition) is 4. The molecule has 0 aliphatic heterocycles. The van der Waals surface area contributed by atoms with Crippen LogP contribution < -0.4 is 5.43 Å². The van der Waals surface area contributed by atoms with Crippen LogP contribution in [-0.2, 0) is 5.41 Å². The van der Waals surface area contributed by atoms with Crippen LogP contribution in [0.5, 0.6) is 0 Å². The van der Waals surface area contributed by atoms with Gasteiger partial charge in [0.2, 0.25) is 5.43 Å². The standard InChI is InChI=1S/C35H22N2O2S/c1-35(2)25-12-6-3-9-19(25)22-15-23-20-10-4-7-13-28(20)37(29(23)17-26(22)35)34-36-27-18-31-24(16-32(27)40-34)33(38)21-11-5-8-14-30(21)39-31/h3-18H,1-2H3. The Morgan fingerprint density at radius 1 is 0.700 bits per heavy atom. The van der Waals surface area contributed by atoms with Crippen LogP contribution in [0.2, 0.25) is 0 Å². The van der Waals surface area contributed by atoms with E-state index in [0.717, 1.165) is 26.4 Å². The van der Waals surface area contributed by atoms with Gasteiger partial charge in [-0.2, -0.15) is 0 Å². The molecule has 0 atom stereocenters. The molecule has 5 aromatic carbocycles. The molecule has 40 heavy (non-hydrogen) atoms. The van der Waals surface area contributed by atoms with Gasteiger partial charge in [0.25, 0.3) is 0 Å². The Morgan fingerprint density at radius 3 is 2.38 bits per heavy atom. The molecule has 0 fully saturated rings. The molecular weight excluding hydrogens is 512 g/mol. The zero-order valence-electron chi connectivity index (χ0n) is 21.9. The van der Waals surface area contributed by atoms with Gasteiger partial charge in [0.15, 0.2) is 5.13 Å². The number of benzene rings is 5. The van der Waals surface area contributed by atoms with Crippen LogP contribution in [0.1, 0.15) is 25.0 Å². The lowest BCUT2D eigenvalue weighted by Gasteiger charge is -2.21. The van der Waals surface area contributed by atoms with E-state index >= 15 is 0 Å². The molecule has 9 rings (SSSR count). The number of thiazole rings is 1. The summed E-state index contributed by atoms with van der Waals surface area (Å²) in [6.45, 7) is 4.63. The van der Waals surface area contributed by atoms with Gasteiger partial charge in [-0.05, 0) is 58.7 Å². The number of nitrogens with zero attached hydrogens (tertiary/aromatic N) is 2. The highest BCUT2D eigenvalue weighted by Gasteiger charge is 2.36. The number of aromatic nitrogens is 2. The molecule has 1 aliphatic rings. The molecule has 0 saturated carbocycles. The minimum Gasteiger partial charge on any atom is -0.456 e. The summed E-state index contributed by atoms with van der Waals surface area (Å²) in [7, 11) is 0. The molecule has 3 heterocycles. The summed E-state index contributed by atoms with van der Waals surface area (Å²) < 4.78 is 9.38. The summed E-state index contributed by atoms with van der Waals surface area (Å²) in [5.74, 6) is 0. The summed E-state index contributed by atoms with van der Waals surface area (Å²) in [5, 5.41) is 4.48. The Labute approximate surface area is 232 Å². The maximum atomic E-state index is 13.3. The number of para-hydroxylation sites is 2. The molecule has 0 saturated heterocycles. The van der Waals surface area contributed by atoms with E-state index in [1.54, 1.807) is 11.3 Å². The van der Waals surface area contributed by atoms with Gasteiger partial charge in [-0.1, -0.05) is 79.8 Å². The first-order valence-electron chi connectivity index (χ1n) is 13.4. The third-order valence-corrected chi connectivity index (χ3v) is 9.65. The molecule has 3 aromatic heterocycles. The molecule has 0 amide bonds.